The standard InChI is InChI=1S/C13H20N2OS/c1-13(2,3)11-5-4-10(17-11)12(16)15-8-6-14-7-9-15/h4-5,14H,6-9H2,1-3H3. The summed E-state index contributed by atoms with van der Waals surface area (Å²) in [6.45, 7) is 9.99. The topological polar surface area (TPSA) is 32.3 Å². The molecule has 1 aliphatic rings. The zero-order valence-corrected chi connectivity index (χ0v) is 11.6. The zero-order chi connectivity index (χ0) is 12.5. The molecule has 0 atom stereocenters. The Hall–Kier alpha value is -0.870. The normalized spacial score (nSPS) is 17.2. The molecular weight excluding hydrogens is 232 g/mol. The van der Waals surface area contributed by atoms with Crippen LogP contribution in [0, 0.1) is 0 Å². The molecule has 0 radical (unpaired) electrons. The van der Waals surface area contributed by atoms with Crippen molar-refractivity contribution in [2.75, 3.05) is 26.2 Å². The molecule has 1 amide bonds. The van der Waals surface area contributed by atoms with Gasteiger partial charge in [-0.25, -0.2) is 0 Å². The van der Waals surface area contributed by atoms with Crippen molar-refractivity contribution in [3.05, 3.63) is 21.9 Å². The Morgan fingerprint density at radius 1 is 1.29 bits per heavy atom. The van der Waals surface area contributed by atoms with Gasteiger partial charge in [0.15, 0.2) is 0 Å². The smallest absolute Gasteiger partial charge is 0.264 e. The van der Waals surface area contributed by atoms with E-state index < -0.39 is 0 Å². The molecule has 17 heavy (non-hydrogen) atoms. The fourth-order valence-corrected chi connectivity index (χ4v) is 2.91. The molecule has 0 unspecified atom stereocenters. The number of carbonyl (C=O) groups excluding carboxylic acids is 1. The first-order valence-electron chi connectivity index (χ1n) is 6.09. The molecule has 4 heteroatoms. The number of hydrogen-bond acceptors (Lipinski definition) is 3. The third-order valence-electron chi connectivity index (χ3n) is 2.96. The molecule has 0 aromatic carbocycles. The molecule has 94 valence electrons. The lowest BCUT2D eigenvalue weighted by Gasteiger charge is -2.26. The van der Waals surface area contributed by atoms with E-state index in [4.69, 9.17) is 0 Å². The number of thiophene rings is 1. The number of rotatable bonds is 1. The Morgan fingerprint density at radius 2 is 1.94 bits per heavy atom. The van der Waals surface area contributed by atoms with Crippen LogP contribution in [0.3, 0.4) is 0 Å². The zero-order valence-electron chi connectivity index (χ0n) is 10.7. The third kappa shape index (κ3) is 2.87. The van der Waals surface area contributed by atoms with Gasteiger partial charge in [0.25, 0.3) is 5.91 Å². The van der Waals surface area contributed by atoms with E-state index in [2.05, 4.69) is 32.2 Å². The highest BCUT2D eigenvalue weighted by Gasteiger charge is 2.22. The monoisotopic (exact) mass is 252 g/mol. The second-order valence-corrected chi connectivity index (χ2v) is 6.54. The van der Waals surface area contributed by atoms with Crippen molar-refractivity contribution in [2.45, 2.75) is 26.2 Å². The summed E-state index contributed by atoms with van der Waals surface area (Å²) in [6.07, 6.45) is 0. The van der Waals surface area contributed by atoms with E-state index in [1.807, 2.05) is 11.0 Å². The minimum absolute atomic E-state index is 0.132. The summed E-state index contributed by atoms with van der Waals surface area (Å²) < 4.78 is 0. The van der Waals surface area contributed by atoms with Gasteiger partial charge in [0.05, 0.1) is 4.88 Å². The summed E-state index contributed by atoms with van der Waals surface area (Å²) in [7, 11) is 0. The van der Waals surface area contributed by atoms with E-state index in [0.29, 0.717) is 0 Å². The van der Waals surface area contributed by atoms with Crippen LogP contribution in [-0.4, -0.2) is 37.0 Å². The first kappa shape index (κ1) is 12.6. The Kier molecular flexibility index (Phi) is 3.54. The van der Waals surface area contributed by atoms with Crippen LogP contribution >= 0.6 is 11.3 Å². The molecule has 1 N–H and O–H groups in total. The lowest BCUT2D eigenvalue weighted by Crippen LogP contribution is -2.46. The Bertz CT molecular complexity index is 400. The maximum absolute atomic E-state index is 12.2. The van der Waals surface area contributed by atoms with Crippen molar-refractivity contribution >= 4 is 17.2 Å². The van der Waals surface area contributed by atoms with Gasteiger partial charge in [0.1, 0.15) is 0 Å². The molecule has 2 rings (SSSR count). The van der Waals surface area contributed by atoms with Gasteiger partial charge in [0.2, 0.25) is 0 Å². The largest absolute Gasteiger partial charge is 0.335 e. The van der Waals surface area contributed by atoms with E-state index in [0.717, 1.165) is 31.1 Å². The van der Waals surface area contributed by atoms with Gasteiger partial charge >= 0.3 is 0 Å². The summed E-state index contributed by atoms with van der Waals surface area (Å²) in [5.41, 5.74) is 0.132. The minimum atomic E-state index is 0.132. The Morgan fingerprint density at radius 3 is 2.47 bits per heavy atom. The van der Waals surface area contributed by atoms with E-state index >= 15 is 0 Å². The second kappa shape index (κ2) is 4.78. The minimum Gasteiger partial charge on any atom is -0.335 e. The highest BCUT2D eigenvalue weighted by Crippen LogP contribution is 2.30. The number of amides is 1. The van der Waals surface area contributed by atoms with Gasteiger partial charge in [-0.3, -0.25) is 4.79 Å². The Labute approximate surface area is 107 Å². The lowest BCUT2D eigenvalue weighted by atomic mass is 9.95. The number of hydrogen-bond donors (Lipinski definition) is 1. The van der Waals surface area contributed by atoms with Crippen molar-refractivity contribution in [2.24, 2.45) is 0 Å². The molecule has 1 aliphatic heterocycles. The Balaban J connectivity index is 2.11. The van der Waals surface area contributed by atoms with Gasteiger partial charge in [0, 0.05) is 31.1 Å². The maximum Gasteiger partial charge on any atom is 0.264 e. The molecule has 0 saturated carbocycles. The van der Waals surface area contributed by atoms with Gasteiger partial charge in [-0.2, -0.15) is 0 Å². The molecule has 1 saturated heterocycles. The second-order valence-electron chi connectivity index (χ2n) is 5.46. The fourth-order valence-electron chi connectivity index (χ4n) is 1.88. The van der Waals surface area contributed by atoms with Crippen LogP contribution in [0.25, 0.3) is 0 Å². The molecular formula is C13H20N2OS. The predicted octanol–water partition coefficient (Wildman–Crippen LogP) is 2.09. The van der Waals surface area contributed by atoms with E-state index in [1.165, 1.54) is 4.88 Å². The number of nitrogens with zero attached hydrogens (tertiary/aromatic N) is 1. The van der Waals surface area contributed by atoms with Gasteiger partial charge in [-0.15, -0.1) is 11.3 Å². The first-order chi connectivity index (χ1) is 7.98. The number of nitrogens with one attached hydrogen (secondary N) is 1. The highest BCUT2D eigenvalue weighted by atomic mass is 32.1. The summed E-state index contributed by atoms with van der Waals surface area (Å²) in [6, 6.07) is 4.05. The predicted molar refractivity (Wildman–Crippen MR) is 71.8 cm³/mol. The molecule has 0 bridgehead atoms. The molecule has 1 fully saturated rings. The molecule has 0 spiro atoms. The lowest BCUT2D eigenvalue weighted by molar-refractivity contribution is 0.0740. The maximum atomic E-state index is 12.2. The van der Waals surface area contributed by atoms with Crippen molar-refractivity contribution < 1.29 is 4.79 Å². The quantitative estimate of drug-likeness (QED) is 0.830. The summed E-state index contributed by atoms with van der Waals surface area (Å²) in [4.78, 5) is 16.3. The van der Waals surface area contributed by atoms with Gasteiger partial charge in [-0.1, -0.05) is 20.8 Å². The molecule has 1 aromatic heterocycles. The third-order valence-corrected chi connectivity index (χ3v) is 4.46. The molecule has 2 heterocycles. The fraction of sp³-hybridized carbons (Fsp3) is 0.615. The first-order valence-corrected chi connectivity index (χ1v) is 6.90. The average Bonchev–Trinajstić information content (AvgIpc) is 2.78. The SMILES string of the molecule is CC(C)(C)c1ccc(C(=O)N2CCNCC2)s1. The summed E-state index contributed by atoms with van der Waals surface area (Å²) >= 11 is 1.63. The van der Waals surface area contributed by atoms with Crippen molar-refractivity contribution in [1.82, 2.24) is 10.2 Å². The summed E-state index contributed by atoms with van der Waals surface area (Å²) in [5, 5.41) is 3.26. The highest BCUT2D eigenvalue weighted by molar-refractivity contribution is 7.14. The molecule has 1 aromatic rings. The van der Waals surface area contributed by atoms with E-state index in [-0.39, 0.29) is 11.3 Å². The molecule has 0 aliphatic carbocycles. The van der Waals surface area contributed by atoms with Gasteiger partial charge < -0.3 is 10.2 Å². The number of carbonyl (C=O) groups is 1. The average molecular weight is 252 g/mol. The van der Waals surface area contributed by atoms with Gasteiger partial charge in [-0.05, 0) is 17.5 Å². The van der Waals surface area contributed by atoms with Crippen LogP contribution in [0.5, 0.6) is 0 Å². The van der Waals surface area contributed by atoms with Crippen molar-refractivity contribution in [1.29, 1.82) is 0 Å². The van der Waals surface area contributed by atoms with Crippen molar-refractivity contribution in [3.63, 3.8) is 0 Å². The van der Waals surface area contributed by atoms with E-state index in [1.54, 1.807) is 11.3 Å². The van der Waals surface area contributed by atoms with Crippen LogP contribution < -0.4 is 5.32 Å². The van der Waals surface area contributed by atoms with Crippen LogP contribution in [0.1, 0.15) is 35.3 Å². The van der Waals surface area contributed by atoms with Crippen LogP contribution in [0.2, 0.25) is 0 Å². The molecule has 3 nitrogen and oxygen atoms in total. The van der Waals surface area contributed by atoms with Crippen molar-refractivity contribution in [3.8, 4) is 0 Å². The summed E-state index contributed by atoms with van der Waals surface area (Å²) in [5.74, 6) is 0.187. The number of piperazine rings is 1. The van der Waals surface area contributed by atoms with Crippen LogP contribution in [-0.2, 0) is 5.41 Å². The van der Waals surface area contributed by atoms with E-state index in [9.17, 15) is 4.79 Å². The van der Waals surface area contributed by atoms with Crippen LogP contribution in [0.15, 0.2) is 12.1 Å². The van der Waals surface area contributed by atoms with Crippen LogP contribution in [0.4, 0.5) is 0 Å².